The van der Waals surface area contributed by atoms with Gasteiger partial charge in [-0.25, -0.2) is 19.2 Å². The Hall–Kier alpha value is -0.910. The van der Waals surface area contributed by atoms with E-state index in [1.165, 1.54) is 12.3 Å². The zero-order valence-electron chi connectivity index (χ0n) is 9.97. The van der Waals surface area contributed by atoms with Crippen LogP contribution < -0.4 is 16.0 Å². The Kier molecular flexibility index (Phi) is 4.83. The molecule has 1 aromatic heterocycles. The fourth-order valence-electron chi connectivity index (χ4n) is 1.46. The Bertz CT molecular complexity index is 722. The van der Waals surface area contributed by atoms with Gasteiger partial charge in [0.05, 0.1) is 0 Å². The number of hydrazine groups is 1. The van der Waals surface area contributed by atoms with Crippen LogP contribution >= 0.6 is 38.5 Å². The summed E-state index contributed by atoms with van der Waals surface area (Å²) in [5, 5.41) is 0. The minimum absolute atomic E-state index is 0.0343. The Balaban J connectivity index is 2.40. The van der Waals surface area contributed by atoms with Gasteiger partial charge in [0.25, 0.3) is 10.0 Å². The number of nitrogens with two attached hydrogens (primary N) is 1. The number of sulfonamides is 1. The van der Waals surface area contributed by atoms with Crippen molar-refractivity contribution in [2.45, 2.75) is 4.90 Å². The molecule has 1 heterocycles. The molecule has 0 aliphatic carbocycles. The van der Waals surface area contributed by atoms with Crippen molar-refractivity contribution in [2.24, 2.45) is 5.84 Å². The number of nitrogens with one attached hydrogen (secondary N) is 2. The molecular weight excluding hydrogens is 459 g/mol. The number of halogens is 2. The fourth-order valence-corrected chi connectivity index (χ4v) is 3.51. The Labute approximate surface area is 138 Å². The highest BCUT2D eigenvalue weighted by atomic mass is 127. The Morgan fingerprint density at radius 3 is 2.50 bits per heavy atom. The molecule has 2 rings (SSSR count). The number of aromatic nitrogens is 1. The SMILES string of the molecule is NNc1ncc(Br)cc1S(=O)(=O)Nc1ccc(I)cc1. The van der Waals surface area contributed by atoms with Gasteiger partial charge in [0, 0.05) is 19.9 Å². The molecule has 4 N–H and O–H groups in total. The van der Waals surface area contributed by atoms with Crippen molar-refractivity contribution in [3.8, 4) is 0 Å². The predicted molar refractivity (Wildman–Crippen MR) is 89.7 cm³/mol. The largest absolute Gasteiger partial charge is 0.307 e. The van der Waals surface area contributed by atoms with Crippen molar-refractivity contribution >= 4 is 60.0 Å². The van der Waals surface area contributed by atoms with Crippen LogP contribution in [0.3, 0.4) is 0 Å². The predicted octanol–water partition coefficient (Wildman–Crippen LogP) is 2.54. The maximum atomic E-state index is 12.3. The Morgan fingerprint density at radius 2 is 1.90 bits per heavy atom. The summed E-state index contributed by atoms with van der Waals surface area (Å²) in [7, 11) is -3.78. The van der Waals surface area contributed by atoms with Crippen molar-refractivity contribution in [1.29, 1.82) is 0 Å². The van der Waals surface area contributed by atoms with Gasteiger partial charge in [0.15, 0.2) is 5.82 Å². The third-order valence-corrected chi connectivity index (χ3v) is 4.89. The summed E-state index contributed by atoms with van der Waals surface area (Å²) < 4.78 is 28.7. The molecular formula is C11H10BrIN4O2S. The first-order valence-corrected chi connectivity index (χ1v) is 8.68. The van der Waals surface area contributed by atoms with Crippen LogP contribution in [0.25, 0.3) is 0 Å². The fraction of sp³-hybridized carbons (Fsp3) is 0. The third-order valence-electron chi connectivity index (χ3n) is 2.34. The van der Waals surface area contributed by atoms with Gasteiger partial charge in [-0.15, -0.1) is 0 Å². The first kappa shape index (κ1) is 15.5. The molecule has 1 aromatic carbocycles. The maximum Gasteiger partial charge on any atom is 0.265 e. The number of hydrogen-bond acceptors (Lipinski definition) is 5. The van der Waals surface area contributed by atoms with E-state index in [1.807, 2.05) is 0 Å². The van der Waals surface area contributed by atoms with Crippen molar-refractivity contribution in [3.05, 3.63) is 44.6 Å². The van der Waals surface area contributed by atoms with E-state index >= 15 is 0 Å². The van der Waals surface area contributed by atoms with Crippen molar-refractivity contribution in [2.75, 3.05) is 10.1 Å². The van der Waals surface area contributed by atoms with E-state index in [4.69, 9.17) is 5.84 Å². The lowest BCUT2D eigenvalue weighted by Crippen LogP contribution is -2.18. The number of nitrogen functional groups attached to an aromatic ring is 1. The van der Waals surface area contributed by atoms with Crippen LogP contribution in [0.4, 0.5) is 11.5 Å². The van der Waals surface area contributed by atoms with Crippen LogP contribution in [-0.4, -0.2) is 13.4 Å². The molecule has 0 saturated carbocycles. The molecule has 6 nitrogen and oxygen atoms in total. The summed E-state index contributed by atoms with van der Waals surface area (Å²) in [4.78, 5) is 3.88. The number of hydrogen-bond donors (Lipinski definition) is 3. The first-order chi connectivity index (χ1) is 9.42. The average molecular weight is 469 g/mol. The molecule has 0 radical (unpaired) electrons. The van der Waals surface area contributed by atoms with Crippen LogP contribution in [0, 0.1) is 3.57 Å². The molecule has 2 aromatic rings. The van der Waals surface area contributed by atoms with Crippen molar-refractivity contribution < 1.29 is 8.42 Å². The number of benzene rings is 1. The average Bonchev–Trinajstić information content (AvgIpc) is 2.41. The first-order valence-electron chi connectivity index (χ1n) is 5.33. The minimum atomic E-state index is -3.78. The van der Waals surface area contributed by atoms with E-state index < -0.39 is 10.0 Å². The molecule has 0 aliphatic heterocycles. The van der Waals surface area contributed by atoms with Gasteiger partial charge in [-0.3, -0.25) is 4.72 Å². The summed E-state index contributed by atoms with van der Waals surface area (Å²) >= 11 is 5.33. The lowest BCUT2D eigenvalue weighted by Gasteiger charge is -2.11. The second-order valence-corrected chi connectivity index (χ2v) is 7.57. The van der Waals surface area contributed by atoms with E-state index in [2.05, 4.69) is 53.7 Å². The van der Waals surface area contributed by atoms with Crippen LogP contribution in [0.1, 0.15) is 0 Å². The van der Waals surface area contributed by atoms with E-state index in [0.717, 1.165) is 3.57 Å². The highest BCUT2D eigenvalue weighted by molar-refractivity contribution is 14.1. The molecule has 0 unspecified atom stereocenters. The van der Waals surface area contributed by atoms with Gasteiger partial charge in [0.2, 0.25) is 0 Å². The molecule has 0 spiro atoms. The lowest BCUT2D eigenvalue weighted by atomic mass is 10.3. The van der Waals surface area contributed by atoms with Gasteiger partial charge < -0.3 is 5.43 Å². The molecule has 0 atom stereocenters. The number of nitrogens with zero attached hydrogens (tertiary/aromatic N) is 1. The summed E-state index contributed by atoms with van der Waals surface area (Å²) in [5.41, 5.74) is 2.74. The zero-order chi connectivity index (χ0) is 14.8. The summed E-state index contributed by atoms with van der Waals surface area (Å²) in [6.45, 7) is 0. The number of pyridine rings is 1. The van der Waals surface area contributed by atoms with Crippen LogP contribution in [0.2, 0.25) is 0 Å². The third kappa shape index (κ3) is 3.59. The summed E-state index contributed by atoms with van der Waals surface area (Å²) in [6.07, 6.45) is 1.46. The van der Waals surface area contributed by atoms with E-state index in [1.54, 1.807) is 24.3 Å². The van der Waals surface area contributed by atoms with Crippen LogP contribution in [0.15, 0.2) is 45.9 Å². The number of rotatable bonds is 4. The lowest BCUT2D eigenvalue weighted by molar-refractivity contribution is 0.601. The van der Waals surface area contributed by atoms with E-state index in [9.17, 15) is 8.42 Å². The van der Waals surface area contributed by atoms with Crippen LogP contribution in [-0.2, 0) is 10.0 Å². The van der Waals surface area contributed by atoms with E-state index in [-0.39, 0.29) is 10.7 Å². The smallest absolute Gasteiger partial charge is 0.265 e. The normalized spacial score (nSPS) is 11.2. The quantitative estimate of drug-likeness (QED) is 0.364. The minimum Gasteiger partial charge on any atom is -0.307 e. The molecule has 106 valence electrons. The maximum absolute atomic E-state index is 12.3. The van der Waals surface area contributed by atoms with Gasteiger partial charge >= 0.3 is 0 Å². The number of anilines is 2. The molecule has 0 saturated heterocycles. The van der Waals surface area contributed by atoms with Crippen LogP contribution in [0.5, 0.6) is 0 Å². The highest BCUT2D eigenvalue weighted by Crippen LogP contribution is 2.24. The summed E-state index contributed by atoms with van der Waals surface area (Å²) in [5.74, 6) is 5.36. The van der Waals surface area contributed by atoms with Gasteiger partial charge in [-0.2, -0.15) is 0 Å². The Morgan fingerprint density at radius 1 is 1.25 bits per heavy atom. The molecule has 0 amide bonds. The second-order valence-electron chi connectivity index (χ2n) is 3.76. The molecule has 0 fully saturated rings. The molecule has 20 heavy (non-hydrogen) atoms. The standard InChI is InChI=1S/C11H10BrIN4O2S/c12-7-5-10(11(16-14)15-6-7)20(18,19)17-9-3-1-8(13)2-4-9/h1-6,17H,14H2,(H,15,16). The van der Waals surface area contributed by atoms with E-state index in [0.29, 0.717) is 10.2 Å². The molecule has 9 heteroatoms. The second kappa shape index (κ2) is 6.24. The molecule has 0 bridgehead atoms. The monoisotopic (exact) mass is 468 g/mol. The zero-order valence-corrected chi connectivity index (χ0v) is 14.5. The van der Waals surface area contributed by atoms with Crippen molar-refractivity contribution in [3.63, 3.8) is 0 Å². The highest BCUT2D eigenvalue weighted by Gasteiger charge is 2.20. The van der Waals surface area contributed by atoms with Gasteiger partial charge in [-0.05, 0) is 68.9 Å². The topological polar surface area (TPSA) is 97.1 Å². The van der Waals surface area contributed by atoms with Crippen molar-refractivity contribution in [1.82, 2.24) is 4.98 Å². The summed E-state index contributed by atoms with van der Waals surface area (Å²) in [6, 6.07) is 8.40. The van der Waals surface area contributed by atoms with Gasteiger partial charge in [0.1, 0.15) is 4.90 Å². The van der Waals surface area contributed by atoms with Gasteiger partial charge in [-0.1, -0.05) is 0 Å². The molecule has 0 aliphatic rings.